The van der Waals surface area contributed by atoms with Gasteiger partial charge in [0.25, 0.3) is 5.91 Å². The number of rotatable bonds is 4. The monoisotopic (exact) mass is 287 g/mol. The molecule has 1 aromatic carbocycles. The molecule has 5 nitrogen and oxygen atoms in total. The predicted molar refractivity (Wildman–Crippen MR) is 81.7 cm³/mol. The number of aromatic amines is 1. The average molecular weight is 287 g/mol. The number of nitrogens with zero attached hydrogens (tertiary/aromatic N) is 1. The van der Waals surface area contributed by atoms with Crippen LogP contribution in [0.4, 0.5) is 0 Å². The van der Waals surface area contributed by atoms with Gasteiger partial charge in [-0.1, -0.05) is 6.07 Å². The molecule has 112 valence electrons. The molecule has 0 saturated heterocycles. The summed E-state index contributed by atoms with van der Waals surface area (Å²) in [5.41, 5.74) is 5.10. The number of benzene rings is 1. The van der Waals surface area contributed by atoms with Crippen molar-refractivity contribution in [2.45, 2.75) is 34.1 Å². The number of carbonyl (C=O) groups excluding carboxylic acids is 1. The molecule has 3 N–H and O–H groups in total. The SMILES string of the molecule is Cc1cc(C)c(O)c(C(=O)NCCc2c(C)n[nH]c2C)c1. The van der Waals surface area contributed by atoms with Crippen molar-refractivity contribution in [3.05, 3.63) is 45.8 Å². The van der Waals surface area contributed by atoms with Gasteiger partial charge in [0.1, 0.15) is 5.75 Å². The molecule has 0 aliphatic rings. The molecule has 1 aromatic heterocycles. The number of phenolic OH excluding ortho intramolecular Hbond substituents is 1. The number of hydrogen-bond acceptors (Lipinski definition) is 3. The maximum Gasteiger partial charge on any atom is 0.255 e. The highest BCUT2D eigenvalue weighted by Gasteiger charge is 2.14. The summed E-state index contributed by atoms with van der Waals surface area (Å²) in [6.07, 6.45) is 0.714. The Labute approximate surface area is 124 Å². The van der Waals surface area contributed by atoms with Crippen molar-refractivity contribution in [1.29, 1.82) is 0 Å². The minimum atomic E-state index is -0.252. The fourth-order valence-corrected chi connectivity index (χ4v) is 2.47. The number of aryl methyl sites for hydroxylation is 4. The Balaban J connectivity index is 2.03. The summed E-state index contributed by atoms with van der Waals surface area (Å²) in [5.74, 6) is -0.202. The molecular weight excluding hydrogens is 266 g/mol. The number of hydrogen-bond donors (Lipinski definition) is 3. The van der Waals surface area contributed by atoms with Crippen LogP contribution in [-0.2, 0) is 6.42 Å². The van der Waals surface area contributed by atoms with Gasteiger partial charge < -0.3 is 10.4 Å². The lowest BCUT2D eigenvalue weighted by molar-refractivity contribution is 0.0951. The van der Waals surface area contributed by atoms with E-state index in [1.54, 1.807) is 13.0 Å². The molecule has 5 heteroatoms. The van der Waals surface area contributed by atoms with Gasteiger partial charge in [0, 0.05) is 12.2 Å². The Bertz CT molecular complexity index is 655. The molecular formula is C16H21N3O2. The maximum atomic E-state index is 12.2. The van der Waals surface area contributed by atoms with Gasteiger partial charge in [-0.2, -0.15) is 5.10 Å². The third-order valence-electron chi connectivity index (χ3n) is 3.63. The molecule has 0 aliphatic carbocycles. The first-order chi connectivity index (χ1) is 9.90. The second-order valence-corrected chi connectivity index (χ2v) is 5.40. The highest BCUT2D eigenvalue weighted by Crippen LogP contribution is 2.23. The van der Waals surface area contributed by atoms with Crippen molar-refractivity contribution < 1.29 is 9.90 Å². The van der Waals surface area contributed by atoms with Crippen molar-refractivity contribution in [2.75, 3.05) is 6.54 Å². The van der Waals surface area contributed by atoms with E-state index in [-0.39, 0.29) is 11.7 Å². The Morgan fingerprint density at radius 3 is 2.62 bits per heavy atom. The van der Waals surface area contributed by atoms with Crippen LogP contribution in [0.5, 0.6) is 5.75 Å². The Hall–Kier alpha value is -2.30. The summed E-state index contributed by atoms with van der Waals surface area (Å²) in [6.45, 7) is 8.11. The van der Waals surface area contributed by atoms with Gasteiger partial charge in [-0.05, 0) is 56.9 Å². The van der Waals surface area contributed by atoms with Crippen LogP contribution in [0.3, 0.4) is 0 Å². The molecule has 0 radical (unpaired) electrons. The van der Waals surface area contributed by atoms with Crippen molar-refractivity contribution in [1.82, 2.24) is 15.5 Å². The van der Waals surface area contributed by atoms with Crippen molar-refractivity contribution in [3.63, 3.8) is 0 Å². The quantitative estimate of drug-likeness (QED) is 0.807. The van der Waals surface area contributed by atoms with E-state index < -0.39 is 0 Å². The topological polar surface area (TPSA) is 78.0 Å². The fraction of sp³-hybridized carbons (Fsp3) is 0.375. The number of amides is 1. The number of aromatic nitrogens is 2. The largest absolute Gasteiger partial charge is 0.507 e. The van der Waals surface area contributed by atoms with E-state index in [0.29, 0.717) is 24.1 Å². The van der Waals surface area contributed by atoms with Crippen molar-refractivity contribution >= 4 is 5.91 Å². The van der Waals surface area contributed by atoms with Gasteiger partial charge in [-0.3, -0.25) is 9.89 Å². The van der Waals surface area contributed by atoms with Crippen LogP contribution in [0.15, 0.2) is 12.1 Å². The molecule has 0 fully saturated rings. The molecule has 0 saturated carbocycles. The molecule has 0 atom stereocenters. The Morgan fingerprint density at radius 1 is 1.29 bits per heavy atom. The number of nitrogens with one attached hydrogen (secondary N) is 2. The number of phenols is 1. The summed E-state index contributed by atoms with van der Waals surface area (Å²) in [7, 11) is 0. The Kier molecular flexibility index (Phi) is 4.31. The minimum Gasteiger partial charge on any atom is -0.507 e. The fourth-order valence-electron chi connectivity index (χ4n) is 2.47. The van der Waals surface area contributed by atoms with E-state index in [1.165, 1.54) is 0 Å². The van der Waals surface area contributed by atoms with Crippen LogP contribution in [0.25, 0.3) is 0 Å². The highest BCUT2D eigenvalue weighted by molar-refractivity contribution is 5.97. The standard InChI is InChI=1S/C16H21N3O2/c1-9-7-10(2)15(20)14(8-9)16(21)17-6-5-13-11(3)18-19-12(13)4/h7-8,20H,5-6H2,1-4H3,(H,17,21)(H,18,19). The van der Waals surface area contributed by atoms with Crippen LogP contribution in [0, 0.1) is 27.7 Å². The third kappa shape index (κ3) is 3.24. The Morgan fingerprint density at radius 2 is 2.00 bits per heavy atom. The van der Waals surface area contributed by atoms with Crippen LogP contribution < -0.4 is 5.32 Å². The lowest BCUT2D eigenvalue weighted by Crippen LogP contribution is -2.26. The average Bonchev–Trinajstić information content (AvgIpc) is 2.74. The first-order valence-corrected chi connectivity index (χ1v) is 6.99. The summed E-state index contributed by atoms with van der Waals surface area (Å²) in [6, 6.07) is 3.55. The lowest BCUT2D eigenvalue weighted by Gasteiger charge is -2.10. The van der Waals surface area contributed by atoms with Crippen LogP contribution >= 0.6 is 0 Å². The summed E-state index contributed by atoms with van der Waals surface area (Å²) in [4.78, 5) is 12.2. The van der Waals surface area contributed by atoms with E-state index in [9.17, 15) is 9.90 Å². The van der Waals surface area contributed by atoms with Gasteiger partial charge >= 0.3 is 0 Å². The van der Waals surface area contributed by atoms with E-state index in [0.717, 1.165) is 22.5 Å². The number of H-pyrrole nitrogens is 1. The zero-order valence-corrected chi connectivity index (χ0v) is 12.9. The van der Waals surface area contributed by atoms with Crippen molar-refractivity contribution in [3.8, 4) is 5.75 Å². The molecule has 2 rings (SSSR count). The molecule has 0 aliphatic heterocycles. The van der Waals surface area contributed by atoms with Gasteiger partial charge in [-0.15, -0.1) is 0 Å². The van der Waals surface area contributed by atoms with Gasteiger partial charge in [0.2, 0.25) is 0 Å². The molecule has 1 amide bonds. The smallest absolute Gasteiger partial charge is 0.255 e. The predicted octanol–water partition coefficient (Wildman–Crippen LogP) is 2.32. The van der Waals surface area contributed by atoms with Gasteiger partial charge in [0.05, 0.1) is 11.3 Å². The van der Waals surface area contributed by atoms with Crippen LogP contribution in [0.1, 0.15) is 38.4 Å². The van der Waals surface area contributed by atoms with E-state index >= 15 is 0 Å². The zero-order chi connectivity index (χ0) is 15.6. The van der Waals surface area contributed by atoms with E-state index in [2.05, 4.69) is 15.5 Å². The summed E-state index contributed by atoms with van der Waals surface area (Å²) >= 11 is 0. The highest BCUT2D eigenvalue weighted by atomic mass is 16.3. The van der Waals surface area contributed by atoms with Crippen LogP contribution in [0.2, 0.25) is 0 Å². The minimum absolute atomic E-state index is 0.0498. The number of aromatic hydroxyl groups is 1. The first kappa shape index (κ1) is 15.1. The molecule has 0 spiro atoms. The first-order valence-electron chi connectivity index (χ1n) is 6.99. The second-order valence-electron chi connectivity index (χ2n) is 5.40. The van der Waals surface area contributed by atoms with E-state index in [1.807, 2.05) is 26.8 Å². The summed E-state index contributed by atoms with van der Waals surface area (Å²) < 4.78 is 0. The van der Waals surface area contributed by atoms with Crippen LogP contribution in [-0.4, -0.2) is 27.8 Å². The molecule has 2 aromatic rings. The second kappa shape index (κ2) is 5.99. The third-order valence-corrected chi connectivity index (χ3v) is 3.63. The molecule has 0 unspecified atom stereocenters. The maximum absolute atomic E-state index is 12.2. The van der Waals surface area contributed by atoms with Gasteiger partial charge in [0.15, 0.2) is 0 Å². The molecule has 0 bridgehead atoms. The molecule has 21 heavy (non-hydrogen) atoms. The lowest BCUT2D eigenvalue weighted by atomic mass is 10.0. The van der Waals surface area contributed by atoms with Gasteiger partial charge in [-0.25, -0.2) is 0 Å². The van der Waals surface area contributed by atoms with Crippen molar-refractivity contribution in [2.24, 2.45) is 0 Å². The summed E-state index contributed by atoms with van der Waals surface area (Å²) in [5, 5.41) is 19.9. The zero-order valence-electron chi connectivity index (χ0n) is 12.9. The van der Waals surface area contributed by atoms with E-state index in [4.69, 9.17) is 0 Å². The number of carbonyl (C=O) groups is 1. The molecule has 1 heterocycles. The normalized spacial score (nSPS) is 10.7.